The van der Waals surface area contributed by atoms with Crippen molar-refractivity contribution in [2.45, 2.75) is 13.3 Å². The molecule has 3 heterocycles. The van der Waals surface area contributed by atoms with Crippen molar-refractivity contribution in [3.05, 3.63) is 75.8 Å². The number of ether oxygens (including phenoxy) is 1. The maximum absolute atomic E-state index is 15.5. The van der Waals surface area contributed by atoms with Gasteiger partial charge in [-0.3, -0.25) is 19.4 Å². The lowest BCUT2D eigenvalue weighted by Gasteiger charge is -2.36. The molecular formula is C35H41ClF2N8O4. The largest absolute Gasteiger partial charge is 0.402 e. The second kappa shape index (κ2) is 15.9. The molecule has 1 aromatic heterocycles. The topological polar surface area (TPSA) is 138 Å². The van der Waals surface area contributed by atoms with Crippen LogP contribution in [0.2, 0.25) is 5.02 Å². The van der Waals surface area contributed by atoms with Gasteiger partial charge in [-0.2, -0.15) is 0 Å². The Hall–Kier alpha value is -4.66. The second-order valence-electron chi connectivity index (χ2n) is 12.5. The first-order valence-corrected chi connectivity index (χ1v) is 16.6. The number of hydrogen-bond acceptors (Lipinski definition) is 8. The number of hydrogen-bond donors (Lipinski definition) is 2. The Morgan fingerprint density at radius 3 is 2.40 bits per heavy atom. The van der Waals surface area contributed by atoms with Crippen LogP contribution in [0.15, 0.2) is 47.2 Å². The van der Waals surface area contributed by atoms with Gasteiger partial charge in [0.05, 0.1) is 41.5 Å². The number of piperazine rings is 1. The van der Waals surface area contributed by atoms with E-state index in [1.165, 1.54) is 55.4 Å². The van der Waals surface area contributed by atoms with E-state index in [-0.39, 0.29) is 62.2 Å². The van der Waals surface area contributed by atoms with E-state index < -0.39 is 17.5 Å². The zero-order valence-electron chi connectivity index (χ0n) is 28.5. The predicted octanol–water partition coefficient (Wildman–Crippen LogP) is 3.91. The second-order valence-corrected chi connectivity index (χ2v) is 12.9. The van der Waals surface area contributed by atoms with Crippen LogP contribution in [0, 0.1) is 17.6 Å². The van der Waals surface area contributed by atoms with Gasteiger partial charge in [-0.15, -0.1) is 0 Å². The number of anilines is 1. The number of nitrogens with one attached hydrogen (secondary N) is 1. The van der Waals surface area contributed by atoms with Crippen molar-refractivity contribution in [3.63, 3.8) is 0 Å². The summed E-state index contributed by atoms with van der Waals surface area (Å²) in [6.07, 6.45) is 3.51. The number of aliphatic imine (C=N–C) groups is 1. The number of allylic oxidation sites excluding steroid dienone is 2. The minimum absolute atomic E-state index is 0.00176. The zero-order valence-corrected chi connectivity index (χ0v) is 29.3. The van der Waals surface area contributed by atoms with Gasteiger partial charge in [0.15, 0.2) is 17.5 Å². The van der Waals surface area contributed by atoms with Gasteiger partial charge < -0.3 is 35.1 Å². The standard InChI is InChI=1S/C35H41ClF2N8O4/c1-21(39)27(18-40-10-16-50-4)24-7-8-26(31(38)30(24)37)29-19-41-32(44(29)3)33(47)42-23-5-6-25(28(36)17-23)35(49)46-14-12-45(13-15-46)34(48)22-9-11-43(2)20-22/h5-8,17-19,22H,9-16,20,39H2,1-4H3,(H,42,47). The summed E-state index contributed by atoms with van der Waals surface area (Å²) >= 11 is 6.51. The van der Waals surface area contributed by atoms with Crippen molar-refractivity contribution < 1.29 is 27.9 Å². The van der Waals surface area contributed by atoms with E-state index in [9.17, 15) is 14.4 Å². The Morgan fingerprint density at radius 2 is 1.76 bits per heavy atom. The maximum Gasteiger partial charge on any atom is 0.291 e. The number of nitrogens with zero attached hydrogens (tertiary/aromatic N) is 6. The number of rotatable bonds is 10. The van der Waals surface area contributed by atoms with E-state index in [4.69, 9.17) is 22.1 Å². The third-order valence-electron chi connectivity index (χ3n) is 8.99. The lowest BCUT2D eigenvalue weighted by molar-refractivity contribution is -0.136. The minimum atomic E-state index is -1.14. The molecule has 2 aromatic carbocycles. The van der Waals surface area contributed by atoms with Crippen molar-refractivity contribution in [1.29, 1.82) is 0 Å². The summed E-state index contributed by atoms with van der Waals surface area (Å²) in [6, 6.07) is 7.33. The molecule has 3 N–H and O–H groups in total. The smallest absolute Gasteiger partial charge is 0.291 e. The van der Waals surface area contributed by atoms with E-state index >= 15 is 8.78 Å². The molecule has 0 aliphatic carbocycles. The number of nitrogens with two attached hydrogens (primary N) is 1. The molecule has 2 aliphatic rings. The fourth-order valence-electron chi connectivity index (χ4n) is 6.16. The van der Waals surface area contributed by atoms with Crippen LogP contribution in [0.25, 0.3) is 16.8 Å². The molecule has 50 heavy (non-hydrogen) atoms. The first-order valence-electron chi connectivity index (χ1n) is 16.2. The number of aromatic nitrogens is 2. The molecular weight excluding hydrogens is 670 g/mol. The molecule has 1 unspecified atom stereocenters. The summed E-state index contributed by atoms with van der Waals surface area (Å²) in [5.41, 5.74) is 7.02. The van der Waals surface area contributed by atoms with Crippen LogP contribution in [-0.2, 0) is 16.6 Å². The molecule has 15 heteroatoms. The molecule has 2 fully saturated rings. The summed E-state index contributed by atoms with van der Waals surface area (Å²) < 4.78 is 37.1. The SMILES string of the molecule is COCCN=CC(=C(C)N)c1ccc(-c2cnc(C(=O)Nc3ccc(C(=O)N4CCN(C(=O)C5CCN(C)C5)CC4)c(Cl)c3)n2C)c(F)c1F. The van der Waals surface area contributed by atoms with Gasteiger partial charge in [0.2, 0.25) is 5.91 Å². The molecule has 2 aliphatic heterocycles. The van der Waals surface area contributed by atoms with Gasteiger partial charge in [0, 0.05) is 81.2 Å². The third kappa shape index (κ3) is 7.87. The van der Waals surface area contributed by atoms with Gasteiger partial charge in [0.25, 0.3) is 11.8 Å². The van der Waals surface area contributed by atoms with Crippen molar-refractivity contribution >= 4 is 46.8 Å². The zero-order chi connectivity index (χ0) is 36.1. The molecule has 3 amide bonds. The van der Waals surface area contributed by atoms with E-state index in [1.807, 2.05) is 11.9 Å². The molecule has 0 spiro atoms. The highest BCUT2D eigenvalue weighted by Crippen LogP contribution is 2.30. The Labute approximate surface area is 294 Å². The normalized spacial score (nSPS) is 17.4. The number of imidazole rings is 1. The summed E-state index contributed by atoms with van der Waals surface area (Å²) in [5.74, 6) is -3.08. The van der Waals surface area contributed by atoms with Crippen LogP contribution in [0.4, 0.5) is 14.5 Å². The van der Waals surface area contributed by atoms with Gasteiger partial charge in [0.1, 0.15) is 0 Å². The van der Waals surface area contributed by atoms with E-state index in [0.29, 0.717) is 45.0 Å². The van der Waals surface area contributed by atoms with Crippen LogP contribution < -0.4 is 11.1 Å². The summed E-state index contributed by atoms with van der Waals surface area (Å²) in [5, 5.41) is 2.84. The number of halogens is 3. The monoisotopic (exact) mass is 710 g/mol. The Kier molecular flexibility index (Phi) is 11.7. The van der Waals surface area contributed by atoms with Crippen molar-refractivity contribution in [2.75, 3.05) is 71.9 Å². The Balaban J connectivity index is 1.24. The molecule has 0 radical (unpaired) electrons. The Bertz CT molecular complexity index is 1830. The fraction of sp³-hybridized carbons (Fsp3) is 0.400. The maximum atomic E-state index is 15.5. The van der Waals surface area contributed by atoms with Crippen molar-refractivity contribution in [2.24, 2.45) is 23.7 Å². The van der Waals surface area contributed by atoms with Crippen LogP contribution in [0.5, 0.6) is 0 Å². The number of carbonyl (C=O) groups excluding carboxylic acids is 3. The predicted molar refractivity (Wildman–Crippen MR) is 188 cm³/mol. The number of methoxy groups -OCH3 is 1. The summed E-state index contributed by atoms with van der Waals surface area (Å²) in [6.45, 7) is 5.61. The summed E-state index contributed by atoms with van der Waals surface area (Å²) in [7, 11) is 5.05. The molecule has 1 atom stereocenters. The number of likely N-dealkylation sites (tertiary alicyclic amines) is 1. The molecule has 0 bridgehead atoms. The van der Waals surface area contributed by atoms with Crippen LogP contribution in [0.1, 0.15) is 39.9 Å². The van der Waals surface area contributed by atoms with Crippen LogP contribution in [0.3, 0.4) is 0 Å². The Morgan fingerprint density at radius 1 is 1.06 bits per heavy atom. The molecule has 0 saturated carbocycles. The fourth-order valence-corrected chi connectivity index (χ4v) is 6.42. The highest BCUT2D eigenvalue weighted by molar-refractivity contribution is 6.34. The highest BCUT2D eigenvalue weighted by atomic mass is 35.5. The van der Waals surface area contributed by atoms with Gasteiger partial charge in [-0.05, 0) is 51.2 Å². The lowest BCUT2D eigenvalue weighted by Crippen LogP contribution is -2.52. The molecule has 5 rings (SSSR count). The average molecular weight is 711 g/mol. The van der Waals surface area contributed by atoms with Crippen molar-refractivity contribution in [1.82, 2.24) is 24.3 Å². The lowest BCUT2D eigenvalue weighted by atomic mass is 10.0. The van der Waals surface area contributed by atoms with Gasteiger partial charge in [-0.1, -0.05) is 17.7 Å². The van der Waals surface area contributed by atoms with Crippen LogP contribution >= 0.6 is 11.6 Å². The molecule has 2 saturated heterocycles. The highest BCUT2D eigenvalue weighted by Gasteiger charge is 2.33. The first-order chi connectivity index (χ1) is 23.9. The molecule has 12 nitrogen and oxygen atoms in total. The van der Waals surface area contributed by atoms with Gasteiger partial charge >= 0.3 is 0 Å². The van der Waals surface area contributed by atoms with Crippen LogP contribution in [-0.4, -0.2) is 115 Å². The molecule has 266 valence electrons. The average Bonchev–Trinajstić information content (AvgIpc) is 3.71. The summed E-state index contributed by atoms with van der Waals surface area (Å²) in [4.78, 5) is 53.4. The van der Waals surface area contributed by atoms with Crippen molar-refractivity contribution in [3.8, 4) is 11.3 Å². The third-order valence-corrected chi connectivity index (χ3v) is 9.30. The number of carbonyl (C=O) groups is 3. The first kappa shape index (κ1) is 36.6. The van der Waals surface area contributed by atoms with E-state index in [2.05, 4.69) is 20.2 Å². The van der Waals surface area contributed by atoms with E-state index in [0.717, 1.165) is 19.5 Å². The number of benzene rings is 2. The number of amides is 3. The van der Waals surface area contributed by atoms with E-state index in [1.54, 1.807) is 17.9 Å². The quantitative estimate of drug-likeness (QED) is 0.240. The minimum Gasteiger partial charge on any atom is -0.402 e. The van der Waals surface area contributed by atoms with Gasteiger partial charge in [-0.25, -0.2) is 13.8 Å². The molecule has 3 aromatic rings.